The van der Waals surface area contributed by atoms with Gasteiger partial charge in [-0.15, -0.1) is 22.9 Å². The van der Waals surface area contributed by atoms with E-state index in [-0.39, 0.29) is 6.42 Å². The number of ether oxygens (including phenoxy) is 2. The van der Waals surface area contributed by atoms with Gasteiger partial charge in [0.15, 0.2) is 16.6 Å². The Labute approximate surface area is 158 Å². The lowest BCUT2D eigenvalue weighted by molar-refractivity contribution is -0.117. The molecule has 0 radical (unpaired) electrons. The van der Waals surface area contributed by atoms with E-state index < -0.39 is 5.91 Å². The molecule has 4 N–H and O–H groups in total. The van der Waals surface area contributed by atoms with Crippen LogP contribution in [0, 0.1) is 0 Å². The third kappa shape index (κ3) is 3.63. The Balaban J connectivity index is 2.17. The van der Waals surface area contributed by atoms with E-state index in [1.54, 1.807) is 12.1 Å². The van der Waals surface area contributed by atoms with Crippen molar-refractivity contribution in [3.05, 3.63) is 23.3 Å². The lowest BCUT2D eigenvalue weighted by Crippen LogP contribution is -2.13. The predicted octanol–water partition coefficient (Wildman–Crippen LogP) is 1.99. The number of anilines is 1. The number of halogens is 1. The van der Waals surface area contributed by atoms with Crippen LogP contribution in [-0.2, 0) is 11.2 Å². The normalized spacial score (nSPS) is 10.8. The number of aromatic nitrogens is 3. The number of nitrogens with zero attached hydrogens (tertiary/aromatic N) is 3. The predicted molar refractivity (Wildman–Crippen MR) is 101 cm³/mol. The molecule has 10 heteroatoms. The van der Waals surface area contributed by atoms with E-state index in [9.17, 15) is 4.79 Å². The van der Waals surface area contributed by atoms with E-state index in [4.69, 9.17) is 32.5 Å². The van der Waals surface area contributed by atoms with Crippen molar-refractivity contribution in [1.82, 2.24) is 15.0 Å². The maximum atomic E-state index is 11.4. The first kappa shape index (κ1) is 18.2. The average Bonchev–Trinajstić information content (AvgIpc) is 2.97. The highest BCUT2D eigenvalue weighted by atomic mass is 35.5. The second kappa shape index (κ2) is 7.71. The highest BCUT2D eigenvalue weighted by Gasteiger charge is 2.19. The van der Waals surface area contributed by atoms with E-state index in [0.717, 1.165) is 0 Å². The van der Waals surface area contributed by atoms with Crippen molar-refractivity contribution in [3.63, 3.8) is 0 Å². The third-order valence-electron chi connectivity index (χ3n) is 3.53. The van der Waals surface area contributed by atoms with Crippen molar-refractivity contribution in [1.29, 1.82) is 0 Å². The van der Waals surface area contributed by atoms with Gasteiger partial charge in [-0.05, 0) is 6.07 Å². The summed E-state index contributed by atoms with van der Waals surface area (Å²) in [6.45, 7) is 0.340. The molecule has 0 aliphatic rings. The number of carbonyl (C=O) groups excluding carboxylic acids is 1. The molecule has 1 aromatic carbocycles. The van der Waals surface area contributed by atoms with Crippen LogP contribution in [0.2, 0.25) is 0 Å². The summed E-state index contributed by atoms with van der Waals surface area (Å²) in [4.78, 5) is 24.9. The Bertz CT molecular complexity index is 962. The highest BCUT2D eigenvalue weighted by molar-refractivity contribution is 7.15. The molecule has 0 unspecified atom stereocenters. The molecule has 0 saturated carbocycles. The van der Waals surface area contributed by atoms with E-state index >= 15 is 0 Å². The molecule has 2 aromatic heterocycles. The van der Waals surface area contributed by atoms with Crippen LogP contribution in [0.5, 0.6) is 11.5 Å². The maximum absolute atomic E-state index is 11.4. The van der Waals surface area contributed by atoms with Gasteiger partial charge >= 0.3 is 0 Å². The van der Waals surface area contributed by atoms with Crippen LogP contribution in [0.4, 0.5) is 5.13 Å². The van der Waals surface area contributed by atoms with Gasteiger partial charge in [-0.25, -0.2) is 15.0 Å². The van der Waals surface area contributed by atoms with E-state index in [0.29, 0.717) is 56.3 Å². The Morgan fingerprint density at radius 1 is 1.27 bits per heavy atom. The molecule has 2 heterocycles. The summed E-state index contributed by atoms with van der Waals surface area (Å²) in [6.07, 6.45) is 1.45. The summed E-state index contributed by atoms with van der Waals surface area (Å²) in [5.41, 5.74) is 12.8. The number of amides is 1. The minimum atomic E-state index is -0.470. The number of methoxy groups -OCH3 is 1. The van der Waals surface area contributed by atoms with Gasteiger partial charge in [-0.1, -0.05) is 0 Å². The number of hydrogen-bond acceptors (Lipinski definition) is 8. The first-order chi connectivity index (χ1) is 12.5. The number of carbonyl (C=O) groups is 1. The number of alkyl halides is 1. The SMILES string of the molecule is COc1cc2c(-c3nc(N)sc3CC(N)=O)ncnc2cc1OCCCl. The molecule has 0 bridgehead atoms. The van der Waals surface area contributed by atoms with Crippen LogP contribution in [0.25, 0.3) is 22.3 Å². The molecule has 1 amide bonds. The number of fused-ring (bicyclic) bond motifs is 1. The van der Waals surface area contributed by atoms with Crippen LogP contribution in [0.3, 0.4) is 0 Å². The largest absolute Gasteiger partial charge is 0.493 e. The molecular formula is C16H16ClN5O3S. The summed E-state index contributed by atoms with van der Waals surface area (Å²) < 4.78 is 11.0. The van der Waals surface area contributed by atoms with Gasteiger partial charge in [-0.2, -0.15) is 0 Å². The topological polar surface area (TPSA) is 126 Å². The van der Waals surface area contributed by atoms with E-state index in [1.165, 1.54) is 24.8 Å². The number of thiazole rings is 1. The summed E-state index contributed by atoms with van der Waals surface area (Å²) in [5, 5.41) is 1.02. The Morgan fingerprint density at radius 2 is 2.08 bits per heavy atom. The lowest BCUT2D eigenvalue weighted by Gasteiger charge is -2.12. The fourth-order valence-corrected chi connectivity index (χ4v) is 3.43. The molecule has 0 aliphatic heterocycles. The van der Waals surface area contributed by atoms with Crippen molar-refractivity contribution < 1.29 is 14.3 Å². The lowest BCUT2D eigenvalue weighted by atomic mass is 10.1. The zero-order valence-electron chi connectivity index (χ0n) is 13.9. The Kier molecular flexibility index (Phi) is 5.38. The van der Waals surface area contributed by atoms with Crippen molar-refractivity contribution in [2.45, 2.75) is 6.42 Å². The first-order valence-corrected chi connectivity index (χ1v) is 8.94. The monoisotopic (exact) mass is 393 g/mol. The zero-order valence-corrected chi connectivity index (χ0v) is 15.4. The minimum absolute atomic E-state index is 0.0315. The first-order valence-electron chi connectivity index (χ1n) is 7.58. The number of rotatable bonds is 7. The van der Waals surface area contributed by atoms with Gasteiger partial charge in [0, 0.05) is 16.3 Å². The smallest absolute Gasteiger partial charge is 0.222 e. The second-order valence-electron chi connectivity index (χ2n) is 5.25. The molecule has 3 aromatic rings. The molecular weight excluding hydrogens is 378 g/mol. The van der Waals surface area contributed by atoms with Crippen LogP contribution in [-0.4, -0.2) is 40.5 Å². The third-order valence-corrected chi connectivity index (χ3v) is 4.57. The molecule has 0 spiro atoms. The molecule has 0 aliphatic carbocycles. The molecule has 8 nitrogen and oxygen atoms in total. The van der Waals surface area contributed by atoms with Gasteiger partial charge in [0.1, 0.15) is 24.3 Å². The van der Waals surface area contributed by atoms with Crippen LogP contribution in [0.15, 0.2) is 18.5 Å². The Hall–Kier alpha value is -2.65. The van der Waals surface area contributed by atoms with E-state index in [1.807, 2.05) is 0 Å². The zero-order chi connectivity index (χ0) is 18.7. The number of hydrogen-bond donors (Lipinski definition) is 2. The van der Waals surface area contributed by atoms with Gasteiger partial charge in [-0.3, -0.25) is 4.79 Å². The fraction of sp³-hybridized carbons (Fsp3) is 0.250. The van der Waals surface area contributed by atoms with Crippen LogP contribution in [0.1, 0.15) is 4.88 Å². The van der Waals surface area contributed by atoms with Gasteiger partial charge in [0.05, 0.1) is 24.9 Å². The standard InChI is InChI=1S/C16H16ClN5O3S/c1-24-10-4-8-9(5-11(10)25-3-2-17)20-7-21-14(8)15-12(6-13(18)23)26-16(19)22-15/h4-5,7H,2-3,6H2,1H3,(H2,18,23)(H2,19,22). The number of primary amides is 1. The van der Waals surface area contributed by atoms with Crippen molar-refractivity contribution >= 4 is 44.9 Å². The summed E-state index contributed by atoms with van der Waals surface area (Å²) >= 11 is 6.89. The maximum Gasteiger partial charge on any atom is 0.222 e. The van der Waals surface area contributed by atoms with Crippen molar-refractivity contribution in [2.75, 3.05) is 25.3 Å². The summed E-state index contributed by atoms with van der Waals surface area (Å²) in [6, 6.07) is 3.51. The molecule has 0 saturated heterocycles. The van der Waals surface area contributed by atoms with Crippen molar-refractivity contribution in [3.8, 4) is 22.9 Å². The van der Waals surface area contributed by atoms with Crippen molar-refractivity contribution in [2.24, 2.45) is 5.73 Å². The van der Waals surface area contributed by atoms with Gasteiger partial charge < -0.3 is 20.9 Å². The second-order valence-corrected chi connectivity index (χ2v) is 6.74. The molecule has 26 heavy (non-hydrogen) atoms. The van der Waals surface area contributed by atoms with Gasteiger partial charge in [0.2, 0.25) is 5.91 Å². The fourth-order valence-electron chi connectivity index (χ4n) is 2.51. The molecule has 3 rings (SSSR count). The Morgan fingerprint density at radius 3 is 2.77 bits per heavy atom. The van der Waals surface area contributed by atoms with Crippen LogP contribution >= 0.6 is 22.9 Å². The average molecular weight is 394 g/mol. The number of nitrogen functional groups attached to an aromatic ring is 1. The summed E-state index contributed by atoms with van der Waals surface area (Å²) in [5.74, 6) is 0.923. The minimum Gasteiger partial charge on any atom is -0.493 e. The molecule has 136 valence electrons. The molecule has 0 atom stereocenters. The summed E-state index contributed by atoms with van der Waals surface area (Å²) in [7, 11) is 1.54. The van der Waals surface area contributed by atoms with Crippen LogP contribution < -0.4 is 20.9 Å². The number of benzene rings is 1. The number of nitrogens with two attached hydrogens (primary N) is 2. The highest BCUT2D eigenvalue weighted by Crippen LogP contribution is 2.37. The van der Waals surface area contributed by atoms with Gasteiger partial charge in [0.25, 0.3) is 0 Å². The molecule has 0 fully saturated rings. The quantitative estimate of drug-likeness (QED) is 0.587. The van der Waals surface area contributed by atoms with E-state index in [2.05, 4.69) is 15.0 Å².